The Hall–Kier alpha value is -1.06. The number of benzene rings is 1. The van der Waals surface area contributed by atoms with E-state index in [1.165, 1.54) is 0 Å². The standard InChI is InChI=1S/C12H17NO2.ClH/c1-9(14)12(13(2)3)10-6-5-7-11(8-10)15-4;/h5-8,12H,1-4H3;1H. The van der Waals surface area contributed by atoms with Crippen LogP contribution in [0.25, 0.3) is 0 Å². The SMILES string of the molecule is COc1cccc(C(C(C)=O)N(C)C)c1.Cl. The number of Topliss-reactive ketones (excluding diaryl/α,β-unsaturated/α-hetero) is 1. The minimum absolute atomic E-state index is 0. The van der Waals surface area contributed by atoms with Crippen LogP contribution in [0.5, 0.6) is 5.75 Å². The van der Waals surface area contributed by atoms with E-state index >= 15 is 0 Å². The Balaban J connectivity index is 0.00000225. The number of carbonyl (C=O) groups excluding carboxylic acids is 1. The topological polar surface area (TPSA) is 29.5 Å². The van der Waals surface area contributed by atoms with Crippen molar-refractivity contribution in [2.75, 3.05) is 21.2 Å². The van der Waals surface area contributed by atoms with E-state index in [-0.39, 0.29) is 24.2 Å². The summed E-state index contributed by atoms with van der Waals surface area (Å²) < 4.78 is 5.13. The lowest BCUT2D eigenvalue weighted by atomic mass is 10.0. The van der Waals surface area contributed by atoms with Crippen molar-refractivity contribution in [3.63, 3.8) is 0 Å². The van der Waals surface area contributed by atoms with Gasteiger partial charge in [0.15, 0.2) is 5.78 Å². The molecule has 1 unspecified atom stereocenters. The van der Waals surface area contributed by atoms with E-state index < -0.39 is 0 Å². The zero-order valence-corrected chi connectivity index (χ0v) is 10.9. The third-order valence-electron chi connectivity index (χ3n) is 2.31. The molecule has 1 atom stereocenters. The van der Waals surface area contributed by atoms with Crippen molar-refractivity contribution in [3.8, 4) is 5.75 Å². The van der Waals surface area contributed by atoms with Crippen LogP contribution in [0.1, 0.15) is 18.5 Å². The van der Waals surface area contributed by atoms with Crippen LogP contribution in [0.2, 0.25) is 0 Å². The molecule has 0 saturated carbocycles. The van der Waals surface area contributed by atoms with Crippen molar-refractivity contribution < 1.29 is 9.53 Å². The number of carbonyl (C=O) groups is 1. The van der Waals surface area contributed by atoms with Crippen molar-refractivity contribution in [2.24, 2.45) is 0 Å². The molecule has 0 fully saturated rings. The molecule has 0 aliphatic rings. The molecule has 0 bridgehead atoms. The molecule has 16 heavy (non-hydrogen) atoms. The van der Waals surface area contributed by atoms with Gasteiger partial charge in [0.25, 0.3) is 0 Å². The number of nitrogens with zero attached hydrogens (tertiary/aromatic N) is 1. The lowest BCUT2D eigenvalue weighted by molar-refractivity contribution is -0.121. The van der Waals surface area contributed by atoms with Crippen LogP contribution in [-0.2, 0) is 4.79 Å². The highest BCUT2D eigenvalue weighted by Crippen LogP contribution is 2.23. The van der Waals surface area contributed by atoms with Gasteiger partial charge in [-0.2, -0.15) is 0 Å². The number of hydrogen-bond donors (Lipinski definition) is 0. The van der Waals surface area contributed by atoms with Gasteiger partial charge in [-0.15, -0.1) is 12.4 Å². The van der Waals surface area contributed by atoms with E-state index in [2.05, 4.69) is 0 Å². The average Bonchev–Trinajstić information content (AvgIpc) is 2.17. The lowest BCUT2D eigenvalue weighted by Gasteiger charge is -2.22. The van der Waals surface area contributed by atoms with Gasteiger partial charge in [0.05, 0.1) is 13.2 Å². The first kappa shape index (κ1) is 14.9. The summed E-state index contributed by atoms with van der Waals surface area (Å²) in [5.41, 5.74) is 0.965. The molecule has 0 aliphatic carbocycles. The first-order valence-corrected chi connectivity index (χ1v) is 4.87. The maximum absolute atomic E-state index is 11.5. The Bertz CT molecular complexity index is 353. The quantitative estimate of drug-likeness (QED) is 0.813. The van der Waals surface area contributed by atoms with Crippen LogP contribution < -0.4 is 4.74 Å². The Morgan fingerprint density at radius 1 is 1.38 bits per heavy atom. The monoisotopic (exact) mass is 243 g/mol. The summed E-state index contributed by atoms with van der Waals surface area (Å²) in [4.78, 5) is 13.4. The van der Waals surface area contributed by atoms with Crippen LogP contribution in [-0.4, -0.2) is 31.9 Å². The van der Waals surface area contributed by atoms with Gasteiger partial charge in [-0.3, -0.25) is 9.69 Å². The summed E-state index contributed by atoms with van der Waals surface area (Å²) in [5.74, 6) is 0.911. The Kier molecular flexibility index (Phi) is 6.08. The molecule has 0 spiro atoms. The van der Waals surface area contributed by atoms with E-state index in [4.69, 9.17) is 4.74 Å². The number of likely N-dealkylation sites (N-methyl/N-ethyl adjacent to an activating group) is 1. The molecule has 0 saturated heterocycles. The van der Waals surface area contributed by atoms with E-state index in [1.807, 2.05) is 43.3 Å². The minimum atomic E-state index is -0.194. The van der Waals surface area contributed by atoms with Crippen molar-refractivity contribution in [3.05, 3.63) is 29.8 Å². The van der Waals surface area contributed by atoms with Crippen molar-refractivity contribution in [1.82, 2.24) is 4.90 Å². The number of ketones is 1. The second-order valence-corrected chi connectivity index (χ2v) is 3.75. The molecule has 0 aliphatic heterocycles. The molecule has 1 aromatic carbocycles. The molecule has 90 valence electrons. The highest BCUT2D eigenvalue weighted by molar-refractivity contribution is 5.85. The number of methoxy groups -OCH3 is 1. The van der Waals surface area contributed by atoms with Crippen molar-refractivity contribution >= 4 is 18.2 Å². The molecular formula is C12H18ClNO2. The molecule has 0 N–H and O–H groups in total. The fraction of sp³-hybridized carbons (Fsp3) is 0.417. The highest BCUT2D eigenvalue weighted by atomic mass is 35.5. The van der Waals surface area contributed by atoms with E-state index in [9.17, 15) is 4.79 Å². The highest BCUT2D eigenvalue weighted by Gasteiger charge is 2.19. The molecule has 0 radical (unpaired) electrons. The largest absolute Gasteiger partial charge is 0.497 e. The fourth-order valence-electron chi connectivity index (χ4n) is 1.71. The molecule has 1 rings (SSSR count). The number of halogens is 1. The molecule has 0 aromatic heterocycles. The summed E-state index contributed by atoms with van der Waals surface area (Å²) in [5, 5.41) is 0. The number of hydrogen-bond acceptors (Lipinski definition) is 3. The molecular weight excluding hydrogens is 226 g/mol. The Labute approximate surface area is 103 Å². The zero-order chi connectivity index (χ0) is 11.4. The second-order valence-electron chi connectivity index (χ2n) is 3.75. The summed E-state index contributed by atoms with van der Waals surface area (Å²) >= 11 is 0. The van der Waals surface area contributed by atoms with Gasteiger partial charge in [-0.05, 0) is 38.7 Å². The van der Waals surface area contributed by atoms with E-state index in [0.29, 0.717) is 0 Å². The third-order valence-corrected chi connectivity index (χ3v) is 2.31. The average molecular weight is 244 g/mol. The number of rotatable bonds is 4. The normalized spacial score (nSPS) is 11.8. The molecule has 1 aromatic rings. The van der Waals surface area contributed by atoms with Gasteiger partial charge in [0.2, 0.25) is 0 Å². The molecule has 4 heteroatoms. The van der Waals surface area contributed by atoms with Crippen LogP contribution >= 0.6 is 12.4 Å². The molecule has 0 amide bonds. The summed E-state index contributed by atoms with van der Waals surface area (Å²) in [7, 11) is 5.41. The van der Waals surface area contributed by atoms with Crippen LogP contribution in [0.15, 0.2) is 24.3 Å². The smallest absolute Gasteiger partial charge is 0.151 e. The van der Waals surface area contributed by atoms with Crippen molar-refractivity contribution in [2.45, 2.75) is 13.0 Å². The van der Waals surface area contributed by atoms with Crippen molar-refractivity contribution in [1.29, 1.82) is 0 Å². The van der Waals surface area contributed by atoms with E-state index in [1.54, 1.807) is 14.0 Å². The summed E-state index contributed by atoms with van der Waals surface area (Å²) in [6, 6.07) is 7.41. The predicted octanol–water partition coefficient (Wildman–Crippen LogP) is 2.31. The van der Waals surface area contributed by atoms with Gasteiger partial charge in [0.1, 0.15) is 5.75 Å². The molecule has 3 nitrogen and oxygen atoms in total. The fourth-order valence-corrected chi connectivity index (χ4v) is 1.71. The third kappa shape index (κ3) is 3.51. The first-order valence-electron chi connectivity index (χ1n) is 4.87. The summed E-state index contributed by atoms with van der Waals surface area (Å²) in [6.07, 6.45) is 0. The zero-order valence-electron chi connectivity index (χ0n) is 10.1. The van der Waals surface area contributed by atoms with Gasteiger partial charge in [0, 0.05) is 0 Å². The first-order chi connectivity index (χ1) is 7.06. The predicted molar refractivity (Wildman–Crippen MR) is 67.4 cm³/mol. The number of ether oxygens (including phenoxy) is 1. The van der Waals surface area contributed by atoms with Crippen LogP contribution in [0, 0.1) is 0 Å². The van der Waals surface area contributed by atoms with Gasteiger partial charge < -0.3 is 4.74 Å². The lowest BCUT2D eigenvalue weighted by Crippen LogP contribution is -2.25. The van der Waals surface area contributed by atoms with Crippen LogP contribution in [0.3, 0.4) is 0 Å². The summed E-state index contributed by atoms with van der Waals surface area (Å²) in [6.45, 7) is 1.60. The van der Waals surface area contributed by atoms with Gasteiger partial charge in [-0.25, -0.2) is 0 Å². The Morgan fingerprint density at radius 2 is 2.00 bits per heavy atom. The maximum atomic E-state index is 11.5. The van der Waals surface area contributed by atoms with Gasteiger partial charge in [-0.1, -0.05) is 12.1 Å². The van der Waals surface area contributed by atoms with E-state index in [0.717, 1.165) is 11.3 Å². The van der Waals surface area contributed by atoms with Gasteiger partial charge >= 0.3 is 0 Å². The molecule has 0 heterocycles. The minimum Gasteiger partial charge on any atom is -0.497 e. The second kappa shape index (κ2) is 6.51. The Morgan fingerprint density at radius 3 is 2.44 bits per heavy atom. The van der Waals surface area contributed by atoms with Crippen LogP contribution in [0.4, 0.5) is 0 Å². The maximum Gasteiger partial charge on any atom is 0.151 e.